The molecule has 0 amide bonds. The standard InChI is InChI=1S/C17H27NO3/c1-3-8-18(9-4-2)10-7-15(19)14-5-6-16-17(13-14)21-12-11-20-16/h5-6,13,15,19H,3-4,7-12H2,1-2H3. The highest BCUT2D eigenvalue weighted by Gasteiger charge is 2.16. The van der Waals surface area contributed by atoms with Crippen LogP contribution in [0.25, 0.3) is 0 Å². The summed E-state index contributed by atoms with van der Waals surface area (Å²) in [6.07, 6.45) is 2.61. The van der Waals surface area contributed by atoms with E-state index in [9.17, 15) is 5.11 Å². The molecule has 0 saturated carbocycles. The third-order valence-electron chi connectivity index (χ3n) is 3.75. The zero-order valence-electron chi connectivity index (χ0n) is 13.2. The minimum Gasteiger partial charge on any atom is -0.486 e. The minimum absolute atomic E-state index is 0.447. The van der Waals surface area contributed by atoms with Crippen molar-refractivity contribution in [3.05, 3.63) is 23.8 Å². The second-order valence-corrected chi connectivity index (χ2v) is 5.55. The molecule has 0 spiro atoms. The third kappa shape index (κ3) is 4.61. The van der Waals surface area contributed by atoms with Gasteiger partial charge in [0.2, 0.25) is 0 Å². The molecule has 0 saturated heterocycles. The highest BCUT2D eigenvalue weighted by atomic mass is 16.6. The highest BCUT2D eigenvalue weighted by Crippen LogP contribution is 2.33. The van der Waals surface area contributed by atoms with Gasteiger partial charge < -0.3 is 19.5 Å². The molecule has 1 unspecified atom stereocenters. The van der Waals surface area contributed by atoms with E-state index in [2.05, 4.69) is 18.7 Å². The van der Waals surface area contributed by atoms with E-state index in [0.717, 1.165) is 56.0 Å². The maximum Gasteiger partial charge on any atom is 0.161 e. The molecule has 1 aromatic rings. The van der Waals surface area contributed by atoms with Crippen LogP contribution in [0, 0.1) is 0 Å². The molecule has 1 atom stereocenters. The third-order valence-corrected chi connectivity index (χ3v) is 3.75. The van der Waals surface area contributed by atoms with Crippen molar-refractivity contribution < 1.29 is 14.6 Å². The molecule has 1 N–H and O–H groups in total. The van der Waals surface area contributed by atoms with Gasteiger partial charge in [-0.2, -0.15) is 0 Å². The van der Waals surface area contributed by atoms with Crippen molar-refractivity contribution in [3.8, 4) is 11.5 Å². The fourth-order valence-electron chi connectivity index (χ4n) is 2.71. The van der Waals surface area contributed by atoms with Crippen LogP contribution in [-0.2, 0) is 0 Å². The predicted octanol–water partition coefficient (Wildman–Crippen LogP) is 3.00. The smallest absolute Gasteiger partial charge is 0.161 e. The fourth-order valence-corrected chi connectivity index (χ4v) is 2.71. The number of nitrogens with zero attached hydrogens (tertiary/aromatic N) is 1. The van der Waals surface area contributed by atoms with Crippen molar-refractivity contribution in [1.82, 2.24) is 4.90 Å². The molecule has 2 rings (SSSR count). The van der Waals surface area contributed by atoms with Crippen LogP contribution in [0.4, 0.5) is 0 Å². The summed E-state index contributed by atoms with van der Waals surface area (Å²) < 4.78 is 11.1. The van der Waals surface area contributed by atoms with Crippen molar-refractivity contribution in [3.63, 3.8) is 0 Å². The van der Waals surface area contributed by atoms with E-state index in [0.29, 0.717) is 13.2 Å². The average Bonchev–Trinajstić information content (AvgIpc) is 2.52. The van der Waals surface area contributed by atoms with Crippen molar-refractivity contribution in [1.29, 1.82) is 0 Å². The molecule has 1 aliphatic rings. The maximum absolute atomic E-state index is 10.4. The second-order valence-electron chi connectivity index (χ2n) is 5.55. The van der Waals surface area contributed by atoms with E-state index in [1.807, 2.05) is 18.2 Å². The number of aliphatic hydroxyl groups is 1. The molecule has 4 heteroatoms. The van der Waals surface area contributed by atoms with Gasteiger partial charge in [0.1, 0.15) is 13.2 Å². The monoisotopic (exact) mass is 293 g/mol. The van der Waals surface area contributed by atoms with E-state index in [-0.39, 0.29) is 0 Å². The van der Waals surface area contributed by atoms with Crippen LogP contribution < -0.4 is 9.47 Å². The van der Waals surface area contributed by atoms with Crippen LogP contribution >= 0.6 is 0 Å². The first kappa shape index (κ1) is 16.1. The number of fused-ring (bicyclic) bond motifs is 1. The molecule has 0 bridgehead atoms. The average molecular weight is 293 g/mol. The summed E-state index contributed by atoms with van der Waals surface area (Å²) in [4.78, 5) is 2.42. The SMILES string of the molecule is CCCN(CCC)CCC(O)c1ccc2c(c1)OCCO2. The van der Waals surface area contributed by atoms with Gasteiger partial charge >= 0.3 is 0 Å². The summed E-state index contributed by atoms with van der Waals surface area (Å²) in [6.45, 7) is 8.69. The normalized spacial score (nSPS) is 15.2. The lowest BCUT2D eigenvalue weighted by Gasteiger charge is -2.23. The van der Waals surface area contributed by atoms with Gasteiger partial charge in [0.25, 0.3) is 0 Å². The Morgan fingerprint density at radius 1 is 1.05 bits per heavy atom. The van der Waals surface area contributed by atoms with Crippen LogP contribution in [0.15, 0.2) is 18.2 Å². The Balaban J connectivity index is 1.91. The molecule has 1 aromatic carbocycles. The molecule has 1 heterocycles. The number of aliphatic hydroxyl groups excluding tert-OH is 1. The number of benzene rings is 1. The van der Waals surface area contributed by atoms with Gasteiger partial charge in [-0.25, -0.2) is 0 Å². The molecule has 1 aliphatic heterocycles. The summed E-state index contributed by atoms with van der Waals surface area (Å²) in [5.41, 5.74) is 0.909. The summed E-state index contributed by atoms with van der Waals surface area (Å²) in [6, 6.07) is 5.73. The Morgan fingerprint density at radius 3 is 2.38 bits per heavy atom. The van der Waals surface area contributed by atoms with E-state index in [1.165, 1.54) is 0 Å². The van der Waals surface area contributed by atoms with Crippen molar-refractivity contribution in [2.24, 2.45) is 0 Å². The van der Waals surface area contributed by atoms with Gasteiger partial charge in [-0.15, -0.1) is 0 Å². The molecule has 0 aliphatic carbocycles. The molecule has 0 aromatic heterocycles. The Labute approximate surface area is 127 Å². The van der Waals surface area contributed by atoms with Gasteiger partial charge in [-0.1, -0.05) is 19.9 Å². The highest BCUT2D eigenvalue weighted by molar-refractivity contribution is 5.44. The summed E-state index contributed by atoms with van der Waals surface area (Å²) >= 11 is 0. The number of rotatable bonds is 8. The quantitative estimate of drug-likeness (QED) is 0.800. The van der Waals surface area contributed by atoms with Crippen molar-refractivity contribution in [2.45, 2.75) is 39.2 Å². The summed E-state index contributed by atoms with van der Waals surface area (Å²) in [5, 5.41) is 10.4. The van der Waals surface area contributed by atoms with Crippen LogP contribution in [0.2, 0.25) is 0 Å². The first-order chi connectivity index (χ1) is 10.2. The molecule has 0 fully saturated rings. The number of ether oxygens (including phenoxy) is 2. The van der Waals surface area contributed by atoms with Gasteiger partial charge in [0.05, 0.1) is 6.10 Å². The van der Waals surface area contributed by atoms with Crippen molar-refractivity contribution in [2.75, 3.05) is 32.8 Å². The van der Waals surface area contributed by atoms with Gasteiger partial charge in [-0.05, 0) is 50.0 Å². The number of hydrogen-bond acceptors (Lipinski definition) is 4. The Hall–Kier alpha value is -1.26. The zero-order chi connectivity index (χ0) is 15.1. The molecule has 21 heavy (non-hydrogen) atoms. The van der Waals surface area contributed by atoms with Gasteiger partial charge in [-0.3, -0.25) is 0 Å². The number of hydrogen-bond donors (Lipinski definition) is 1. The largest absolute Gasteiger partial charge is 0.486 e. The summed E-state index contributed by atoms with van der Waals surface area (Å²) in [7, 11) is 0. The lowest BCUT2D eigenvalue weighted by molar-refractivity contribution is 0.139. The van der Waals surface area contributed by atoms with Crippen LogP contribution in [0.1, 0.15) is 44.8 Å². The zero-order valence-corrected chi connectivity index (χ0v) is 13.2. The second kappa shape index (κ2) is 8.25. The predicted molar refractivity (Wildman–Crippen MR) is 84.0 cm³/mol. The molecular weight excluding hydrogens is 266 g/mol. The first-order valence-corrected chi connectivity index (χ1v) is 8.04. The molecule has 0 radical (unpaired) electrons. The Kier molecular flexibility index (Phi) is 6.33. The van der Waals surface area contributed by atoms with Gasteiger partial charge in [0.15, 0.2) is 11.5 Å². The lowest BCUT2D eigenvalue weighted by atomic mass is 10.1. The molecule has 118 valence electrons. The maximum atomic E-state index is 10.4. The van der Waals surface area contributed by atoms with Crippen LogP contribution in [0.5, 0.6) is 11.5 Å². The first-order valence-electron chi connectivity index (χ1n) is 8.04. The van der Waals surface area contributed by atoms with E-state index in [4.69, 9.17) is 9.47 Å². The minimum atomic E-state index is -0.447. The Bertz CT molecular complexity index is 430. The lowest BCUT2D eigenvalue weighted by Crippen LogP contribution is -2.27. The summed E-state index contributed by atoms with van der Waals surface area (Å²) in [5.74, 6) is 1.52. The van der Waals surface area contributed by atoms with Crippen molar-refractivity contribution >= 4 is 0 Å². The Morgan fingerprint density at radius 2 is 1.71 bits per heavy atom. The fraction of sp³-hybridized carbons (Fsp3) is 0.647. The van der Waals surface area contributed by atoms with E-state index >= 15 is 0 Å². The molecular formula is C17H27NO3. The van der Waals surface area contributed by atoms with Gasteiger partial charge in [0, 0.05) is 6.54 Å². The van der Waals surface area contributed by atoms with E-state index < -0.39 is 6.10 Å². The van der Waals surface area contributed by atoms with E-state index in [1.54, 1.807) is 0 Å². The van der Waals surface area contributed by atoms with Crippen LogP contribution in [0.3, 0.4) is 0 Å². The van der Waals surface area contributed by atoms with Crippen LogP contribution in [-0.4, -0.2) is 42.9 Å². The topological polar surface area (TPSA) is 41.9 Å². The molecule has 4 nitrogen and oxygen atoms in total.